The van der Waals surface area contributed by atoms with Crippen molar-refractivity contribution in [3.05, 3.63) is 29.8 Å². The van der Waals surface area contributed by atoms with Crippen LogP contribution in [0.3, 0.4) is 0 Å². The molecule has 1 rings (SSSR count). The number of carbonyl (C=O) groups is 5. The molecule has 1 radical (unpaired) electrons. The molecular weight excluding hydrogens is 652 g/mol. The van der Waals surface area contributed by atoms with Crippen molar-refractivity contribution in [1.82, 2.24) is 14.7 Å². The molecule has 0 aliphatic carbocycles. The first-order valence-corrected chi connectivity index (χ1v) is 11.3. The number of carbonyl (C=O) groups excluding carboxylic acids is 5. The smallest absolute Gasteiger partial charge is 0.549 e. The Hall–Kier alpha value is -2.43. The molecule has 1 atom stereocenters. The van der Waals surface area contributed by atoms with Gasteiger partial charge < -0.3 is 54.2 Å². The van der Waals surface area contributed by atoms with Crippen LogP contribution in [0.1, 0.15) is 15.3 Å². The van der Waals surface area contributed by atoms with Crippen molar-refractivity contribution in [3.63, 3.8) is 0 Å². The summed E-state index contributed by atoms with van der Waals surface area (Å²) in [6, 6.07) is 5.80. The van der Waals surface area contributed by atoms with Crippen molar-refractivity contribution in [1.29, 1.82) is 0 Å². The van der Waals surface area contributed by atoms with Crippen LogP contribution in [-0.2, 0) is 30.4 Å². The molecule has 38 heavy (non-hydrogen) atoms. The van der Waals surface area contributed by atoms with E-state index in [2.05, 4.69) is 0 Å². The molecule has 0 aliphatic heterocycles. The molecular formula is C23H30GdN3O11. The van der Waals surface area contributed by atoms with Gasteiger partial charge in [-0.2, -0.15) is 0 Å². The molecule has 211 valence electrons. The zero-order valence-electron chi connectivity index (χ0n) is 22.6. The summed E-state index contributed by atoms with van der Waals surface area (Å²) in [5.74, 6) is -7.21. The number of benzene rings is 1. The van der Waals surface area contributed by atoms with E-state index in [1.165, 1.54) is 4.90 Å². The van der Waals surface area contributed by atoms with Crippen molar-refractivity contribution in [2.75, 3.05) is 59.0 Å². The van der Waals surface area contributed by atoms with E-state index in [9.17, 15) is 49.5 Å². The maximum atomic E-state index is 11.4. The fraction of sp³-hybridized carbons (Fsp3) is 0.522. The molecule has 0 bridgehead atoms. The minimum absolute atomic E-state index is 0. The van der Waals surface area contributed by atoms with Crippen LogP contribution in [0.25, 0.3) is 0 Å². The van der Waals surface area contributed by atoms with E-state index in [-0.39, 0.29) is 68.8 Å². The zero-order chi connectivity index (χ0) is 28.0. The monoisotopic (exact) mass is 682 g/mol. The van der Waals surface area contributed by atoms with Crippen LogP contribution in [0.5, 0.6) is 5.75 Å². The first kappa shape index (κ1) is 35.6. The molecule has 0 amide bonds. The van der Waals surface area contributed by atoms with Gasteiger partial charge in [-0.25, -0.2) is 0 Å². The molecule has 1 aromatic rings. The second kappa shape index (κ2) is 18.8. The van der Waals surface area contributed by atoms with Gasteiger partial charge in [-0.1, -0.05) is 12.1 Å². The number of nitrogens with zero attached hydrogens (tertiary/aromatic N) is 3. The number of hydrogen-bond acceptors (Lipinski definition) is 14. The molecule has 0 aromatic heterocycles. The third-order valence-electron chi connectivity index (χ3n) is 5.15. The van der Waals surface area contributed by atoms with Crippen LogP contribution in [0.15, 0.2) is 24.3 Å². The fourth-order valence-corrected chi connectivity index (χ4v) is 3.69. The second-order valence-corrected chi connectivity index (χ2v) is 8.15. The quantitative estimate of drug-likeness (QED) is 0.125. The van der Waals surface area contributed by atoms with Crippen LogP contribution < -0.4 is 30.3 Å². The molecule has 1 unspecified atom stereocenters. The molecule has 0 aliphatic rings. The summed E-state index contributed by atoms with van der Waals surface area (Å²) in [5, 5.41) is 55.9. The normalized spacial score (nSPS) is 11.7. The van der Waals surface area contributed by atoms with E-state index in [1.807, 2.05) is 0 Å². The van der Waals surface area contributed by atoms with Crippen molar-refractivity contribution in [3.8, 4) is 5.75 Å². The second-order valence-electron chi connectivity index (χ2n) is 8.15. The van der Waals surface area contributed by atoms with E-state index in [0.717, 1.165) is 9.80 Å². The van der Waals surface area contributed by atoms with Crippen molar-refractivity contribution in [2.24, 2.45) is 0 Å². The van der Waals surface area contributed by atoms with Gasteiger partial charge in [0.2, 0.25) is 0 Å². The average molecular weight is 682 g/mol. The number of carboxylic acid groups (broad SMARTS) is 5. The predicted molar refractivity (Wildman–Crippen MR) is 117 cm³/mol. The first-order chi connectivity index (χ1) is 17.4. The van der Waals surface area contributed by atoms with E-state index >= 15 is 0 Å². The Bertz CT molecular complexity index is 909. The minimum Gasteiger partial charge on any atom is -0.549 e. The maximum Gasteiger partial charge on any atom is 3.00 e. The van der Waals surface area contributed by atoms with Gasteiger partial charge in [-0.3, -0.25) is 14.7 Å². The average Bonchev–Trinajstić information content (AvgIpc) is 2.76. The Labute approximate surface area is 254 Å². The Balaban J connectivity index is -0.00000456. The summed E-state index contributed by atoms with van der Waals surface area (Å²) in [6.07, 6.45) is 0.0817. The third-order valence-corrected chi connectivity index (χ3v) is 5.15. The van der Waals surface area contributed by atoms with E-state index in [0.29, 0.717) is 17.9 Å². The Morgan fingerprint density at radius 3 is 1.58 bits per heavy atom. The van der Waals surface area contributed by atoms with Gasteiger partial charge in [-0.05, 0) is 31.0 Å². The molecule has 0 spiro atoms. The van der Waals surface area contributed by atoms with Gasteiger partial charge in [0, 0.05) is 58.4 Å². The van der Waals surface area contributed by atoms with Crippen molar-refractivity contribution >= 4 is 29.8 Å². The summed E-state index contributed by atoms with van der Waals surface area (Å²) in [6.45, 7) is -2.18. The number of aliphatic carboxylic acids is 5. The van der Waals surface area contributed by atoms with Gasteiger partial charge in [0.1, 0.15) is 5.75 Å². The number of ether oxygens (including phenoxy) is 1. The van der Waals surface area contributed by atoms with Crippen LogP contribution in [0.4, 0.5) is 0 Å². The zero-order valence-corrected chi connectivity index (χ0v) is 22.9. The van der Waals surface area contributed by atoms with Crippen LogP contribution in [0.2, 0.25) is 0 Å². The van der Waals surface area contributed by atoms with Gasteiger partial charge in [0.25, 0.3) is 0 Å². The largest absolute Gasteiger partial charge is 3.00 e. The van der Waals surface area contributed by atoms with E-state index < -0.39 is 68.6 Å². The van der Waals surface area contributed by atoms with Crippen molar-refractivity contribution < 1.29 is 97.0 Å². The molecule has 15 heteroatoms. The third kappa shape index (κ3) is 15.7. The van der Waals surface area contributed by atoms with Crippen LogP contribution in [0, 0.1) is 39.9 Å². The summed E-state index contributed by atoms with van der Waals surface area (Å²) >= 11 is 0. The Kier molecular flexibility index (Phi) is 17.6. The number of carboxylic acids is 5. The van der Waals surface area contributed by atoms with Crippen molar-refractivity contribution in [2.45, 2.75) is 19.4 Å². The Morgan fingerprint density at radius 1 is 0.737 bits per heavy atom. The van der Waals surface area contributed by atoms with E-state index in [1.54, 1.807) is 31.2 Å². The maximum absolute atomic E-state index is 11.4. The van der Waals surface area contributed by atoms with E-state index in [4.69, 9.17) is 4.74 Å². The molecule has 0 heterocycles. The molecule has 0 saturated carbocycles. The molecule has 0 fully saturated rings. The minimum atomic E-state index is -1.57. The summed E-state index contributed by atoms with van der Waals surface area (Å²) in [5.41, 5.74) is 0.652. The SMILES string of the molecule is CCOc1ccc(CC(CN(CCN(CC(=O)[O-])CC(=O)[O-])CC(=O)[O-])N(CC(=O)[O-])CC(=O)[O-])cc1.[Gd+3].[H+].[H+]. The molecule has 1 aromatic carbocycles. The first-order valence-electron chi connectivity index (χ1n) is 11.3. The molecule has 0 saturated heterocycles. The fourth-order valence-electron chi connectivity index (χ4n) is 3.69. The number of rotatable bonds is 20. The summed E-state index contributed by atoms with van der Waals surface area (Å²) in [4.78, 5) is 59.1. The predicted octanol–water partition coefficient (Wildman–Crippen LogP) is -7.12. The summed E-state index contributed by atoms with van der Waals surface area (Å²) < 4.78 is 5.38. The van der Waals surface area contributed by atoms with Gasteiger partial charge >= 0.3 is 42.8 Å². The Morgan fingerprint density at radius 2 is 1.16 bits per heavy atom. The summed E-state index contributed by atoms with van der Waals surface area (Å²) in [7, 11) is 0. The van der Waals surface area contributed by atoms with Crippen LogP contribution in [-0.4, -0.2) is 110 Å². The van der Waals surface area contributed by atoms with Crippen LogP contribution >= 0.6 is 0 Å². The van der Waals surface area contributed by atoms with Gasteiger partial charge in [0.15, 0.2) is 0 Å². The molecule has 14 nitrogen and oxygen atoms in total. The van der Waals surface area contributed by atoms with Gasteiger partial charge in [-0.15, -0.1) is 0 Å². The number of hydrogen-bond donors (Lipinski definition) is 0. The van der Waals surface area contributed by atoms with Gasteiger partial charge in [0.05, 0.1) is 36.5 Å². The topological polar surface area (TPSA) is 220 Å². The standard InChI is InChI=1S/C23H33N3O11.Gd/c1-2-37-18-5-3-16(4-6-18)9-17(26(14-22(33)34)15-23(35)36)10-24(11-19(27)28)7-8-25(12-20(29)30)13-21(31)32;/h3-6,17H,2,7-15H2,1H3,(H,27,28)(H,29,30)(H,31,32)(H,33,34)(H,35,36);/q;+3/p-3. The molecule has 0 N–H and O–H groups in total.